The maximum atomic E-state index is 13.0. The molecule has 2 aromatic rings. The molecule has 0 aliphatic carbocycles. The van der Waals surface area contributed by atoms with E-state index in [4.69, 9.17) is 22.9 Å². The minimum atomic E-state index is -0.986. The van der Waals surface area contributed by atoms with Crippen molar-refractivity contribution in [1.82, 2.24) is 10.6 Å². The Morgan fingerprint density at radius 3 is 2.03 bits per heavy atom. The number of amides is 3. The van der Waals surface area contributed by atoms with Gasteiger partial charge in [-0.05, 0) is 42.5 Å². The molecule has 188 valence electrons. The molecule has 0 aliphatic heterocycles. The molecule has 3 atom stereocenters. The third-order valence-electron chi connectivity index (χ3n) is 5.25. The second-order valence-electron chi connectivity index (χ2n) is 8.14. The van der Waals surface area contributed by atoms with E-state index in [-0.39, 0.29) is 37.5 Å². The molecule has 0 aromatic heterocycles. The zero-order valence-electron chi connectivity index (χ0n) is 19.4. The molecule has 3 amide bonds. The number of benzene rings is 2. The van der Waals surface area contributed by atoms with Crippen molar-refractivity contribution in [2.24, 2.45) is 27.9 Å². The van der Waals surface area contributed by atoms with E-state index in [2.05, 4.69) is 15.6 Å². The Labute approximate surface area is 204 Å². The predicted molar refractivity (Wildman–Crippen MR) is 133 cm³/mol. The number of hydrogen-bond acceptors (Lipinski definition) is 6. The highest BCUT2D eigenvalue weighted by Crippen LogP contribution is 2.11. The van der Waals surface area contributed by atoms with Crippen LogP contribution in [0.1, 0.15) is 24.0 Å². The Bertz CT molecular complexity index is 1010. The molecule has 11 N–H and O–H groups in total. The fraction of sp³-hybridized carbons (Fsp3) is 0.333. The Morgan fingerprint density at radius 2 is 1.43 bits per heavy atom. The van der Waals surface area contributed by atoms with E-state index in [0.717, 1.165) is 11.1 Å². The number of carbonyl (C=O) groups is 3. The van der Waals surface area contributed by atoms with Crippen LogP contribution in [0.2, 0.25) is 0 Å². The number of guanidine groups is 1. The quantitative estimate of drug-likeness (QED) is 0.107. The van der Waals surface area contributed by atoms with Gasteiger partial charge in [-0.2, -0.15) is 0 Å². The number of nitrogens with zero attached hydrogens (tertiary/aromatic N) is 1. The highest BCUT2D eigenvalue weighted by molar-refractivity contribution is 5.92. The molecule has 0 radical (unpaired) electrons. The molecule has 0 saturated carbocycles. The second kappa shape index (κ2) is 13.6. The largest absolute Gasteiger partial charge is 0.508 e. The third-order valence-corrected chi connectivity index (χ3v) is 5.25. The van der Waals surface area contributed by atoms with Gasteiger partial charge in [-0.15, -0.1) is 0 Å². The van der Waals surface area contributed by atoms with Crippen molar-refractivity contribution in [1.29, 1.82) is 0 Å². The lowest BCUT2D eigenvalue weighted by atomic mass is 10.0. The first-order chi connectivity index (χ1) is 16.7. The SMILES string of the molecule is NC(=O)C(Cc1ccccc1)NC(=O)[C@@H](CCCN=C(N)N)NC(=O)C(N)Cc1ccc(O)cc1. The molecule has 0 saturated heterocycles. The van der Waals surface area contributed by atoms with Crippen LogP contribution >= 0.6 is 0 Å². The average Bonchev–Trinajstić information content (AvgIpc) is 2.82. The number of phenolic OH excluding ortho intramolecular Hbond substituents is 1. The zero-order valence-corrected chi connectivity index (χ0v) is 19.4. The number of aromatic hydroxyl groups is 1. The van der Waals surface area contributed by atoms with Crippen LogP contribution in [0.5, 0.6) is 5.75 Å². The normalized spacial score (nSPS) is 13.2. The smallest absolute Gasteiger partial charge is 0.243 e. The van der Waals surface area contributed by atoms with Crippen molar-refractivity contribution in [3.8, 4) is 5.75 Å². The first kappa shape index (κ1) is 27.1. The van der Waals surface area contributed by atoms with E-state index >= 15 is 0 Å². The maximum Gasteiger partial charge on any atom is 0.243 e. The van der Waals surface area contributed by atoms with E-state index in [0.29, 0.717) is 6.42 Å². The second-order valence-corrected chi connectivity index (χ2v) is 8.14. The summed E-state index contributed by atoms with van der Waals surface area (Å²) in [5.41, 5.74) is 23.8. The number of nitrogens with one attached hydrogen (secondary N) is 2. The standard InChI is InChI=1S/C24H33N7O4/c25-18(13-16-8-10-17(32)11-9-16)22(34)30-19(7-4-12-29-24(27)28)23(35)31-20(21(26)33)14-15-5-2-1-3-6-15/h1-3,5-6,8-11,18-20,32H,4,7,12-14,25H2,(H2,26,33)(H,30,34)(H,31,35)(H4,27,28,29)/t18?,19-,20?/m1/s1. The molecule has 2 unspecified atom stereocenters. The Balaban J connectivity index is 2.07. The highest BCUT2D eigenvalue weighted by atomic mass is 16.3. The lowest BCUT2D eigenvalue weighted by molar-refractivity contribution is -0.131. The van der Waals surface area contributed by atoms with E-state index in [1.807, 2.05) is 30.3 Å². The van der Waals surface area contributed by atoms with Gasteiger partial charge in [0.2, 0.25) is 17.7 Å². The van der Waals surface area contributed by atoms with Gasteiger partial charge < -0.3 is 38.7 Å². The number of rotatable bonds is 13. The molecule has 0 aliphatic rings. The van der Waals surface area contributed by atoms with Gasteiger partial charge in [-0.1, -0.05) is 42.5 Å². The summed E-state index contributed by atoms with van der Waals surface area (Å²) in [6.45, 7) is 0.255. The van der Waals surface area contributed by atoms with Gasteiger partial charge in [0.1, 0.15) is 17.8 Å². The molecule has 35 heavy (non-hydrogen) atoms. The molecule has 2 aromatic carbocycles. The van der Waals surface area contributed by atoms with Gasteiger partial charge in [-0.25, -0.2) is 0 Å². The predicted octanol–water partition coefficient (Wildman–Crippen LogP) is -0.987. The molecule has 0 heterocycles. The summed E-state index contributed by atoms with van der Waals surface area (Å²) in [4.78, 5) is 41.7. The summed E-state index contributed by atoms with van der Waals surface area (Å²) in [7, 11) is 0. The monoisotopic (exact) mass is 483 g/mol. The van der Waals surface area contributed by atoms with E-state index in [1.165, 1.54) is 12.1 Å². The van der Waals surface area contributed by atoms with Crippen LogP contribution in [0, 0.1) is 0 Å². The van der Waals surface area contributed by atoms with Crippen molar-refractivity contribution in [3.05, 3.63) is 65.7 Å². The number of nitrogens with two attached hydrogens (primary N) is 4. The average molecular weight is 484 g/mol. The van der Waals surface area contributed by atoms with Crippen molar-refractivity contribution < 1.29 is 19.5 Å². The molecule has 0 fully saturated rings. The van der Waals surface area contributed by atoms with Crippen LogP contribution in [-0.2, 0) is 27.2 Å². The van der Waals surface area contributed by atoms with Gasteiger partial charge in [0.05, 0.1) is 6.04 Å². The fourth-order valence-electron chi connectivity index (χ4n) is 3.37. The van der Waals surface area contributed by atoms with Gasteiger partial charge >= 0.3 is 0 Å². The van der Waals surface area contributed by atoms with Crippen LogP contribution in [0.3, 0.4) is 0 Å². The Kier molecular flexibility index (Phi) is 10.5. The molecule has 0 bridgehead atoms. The summed E-state index contributed by atoms with van der Waals surface area (Å²) in [6, 6.07) is 12.5. The summed E-state index contributed by atoms with van der Waals surface area (Å²) >= 11 is 0. The topological polar surface area (TPSA) is 212 Å². The van der Waals surface area contributed by atoms with E-state index in [9.17, 15) is 19.5 Å². The summed E-state index contributed by atoms with van der Waals surface area (Å²) in [5, 5.41) is 14.7. The minimum Gasteiger partial charge on any atom is -0.508 e. The number of phenols is 1. The van der Waals surface area contributed by atoms with Crippen molar-refractivity contribution >= 4 is 23.7 Å². The summed E-state index contributed by atoms with van der Waals surface area (Å²) in [6.07, 6.45) is 1.00. The van der Waals surface area contributed by atoms with Crippen LogP contribution in [0.25, 0.3) is 0 Å². The molecule has 2 rings (SSSR count). The molecule has 0 spiro atoms. The highest BCUT2D eigenvalue weighted by Gasteiger charge is 2.27. The molecule has 11 nitrogen and oxygen atoms in total. The third kappa shape index (κ3) is 9.72. The van der Waals surface area contributed by atoms with Crippen molar-refractivity contribution in [2.45, 2.75) is 43.8 Å². The summed E-state index contributed by atoms with van der Waals surface area (Å²) in [5.74, 6) is -1.79. The number of carbonyl (C=O) groups excluding carboxylic acids is 3. The number of aliphatic imine (C=N–C) groups is 1. The molecular formula is C24H33N7O4. The van der Waals surface area contributed by atoms with E-state index in [1.54, 1.807) is 12.1 Å². The Morgan fingerprint density at radius 1 is 0.829 bits per heavy atom. The lowest BCUT2D eigenvalue weighted by Gasteiger charge is -2.23. The van der Waals surface area contributed by atoms with Gasteiger partial charge in [0.25, 0.3) is 0 Å². The zero-order chi connectivity index (χ0) is 25.8. The van der Waals surface area contributed by atoms with Gasteiger partial charge in [0.15, 0.2) is 5.96 Å². The fourth-order valence-corrected chi connectivity index (χ4v) is 3.37. The molecular weight excluding hydrogens is 450 g/mol. The number of primary amides is 1. The van der Waals surface area contributed by atoms with Crippen LogP contribution < -0.4 is 33.6 Å². The lowest BCUT2D eigenvalue weighted by Crippen LogP contribution is -2.56. The van der Waals surface area contributed by atoms with E-state index < -0.39 is 35.8 Å². The minimum absolute atomic E-state index is 0.0809. The maximum absolute atomic E-state index is 13.0. The van der Waals surface area contributed by atoms with Gasteiger partial charge in [0, 0.05) is 13.0 Å². The molecule has 11 heteroatoms. The van der Waals surface area contributed by atoms with Crippen LogP contribution in [-0.4, -0.2) is 53.5 Å². The van der Waals surface area contributed by atoms with Crippen molar-refractivity contribution in [2.75, 3.05) is 6.54 Å². The first-order valence-corrected chi connectivity index (χ1v) is 11.2. The first-order valence-electron chi connectivity index (χ1n) is 11.2. The van der Waals surface area contributed by atoms with Gasteiger partial charge in [-0.3, -0.25) is 19.4 Å². The van der Waals surface area contributed by atoms with Crippen LogP contribution in [0.4, 0.5) is 0 Å². The summed E-state index contributed by atoms with van der Waals surface area (Å²) < 4.78 is 0. The van der Waals surface area contributed by atoms with Crippen molar-refractivity contribution in [3.63, 3.8) is 0 Å². The Hall–Kier alpha value is -4.12. The number of hydrogen-bond donors (Lipinski definition) is 7. The van der Waals surface area contributed by atoms with Crippen LogP contribution in [0.15, 0.2) is 59.6 Å².